The van der Waals surface area contributed by atoms with Crippen molar-refractivity contribution >= 4 is 46.6 Å². The van der Waals surface area contributed by atoms with Gasteiger partial charge in [0.2, 0.25) is 0 Å². The summed E-state index contributed by atoms with van der Waals surface area (Å²) in [4.78, 5) is 39.7. The van der Waals surface area contributed by atoms with Crippen molar-refractivity contribution in [3.63, 3.8) is 0 Å². The lowest BCUT2D eigenvalue weighted by Crippen LogP contribution is -2.33. The first-order valence-electron chi connectivity index (χ1n) is 12.8. The van der Waals surface area contributed by atoms with Crippen molar-refractivity contribution in [2.75, 3.05) is 5.32 Å². The number of para-hydroxylation sites is 1. The first-order chi connectivity index (χ1) is 18.6. The fourth-order valence-corrected chi connectivity index (χ4v) is 4.84. The van der Waals surface area contributed by atoms with E-state index in [9.17, 15) is 14.4 Å². The fourth-order valence-electron chi connectivity index (χ4n) is 4.46. The topological polar surface area (TPSA) is 78.5 Å². The average Bonchev–Trinajstić information content (AvgIpc) is 3.11. The molecule has 4 rings (SSSR count). The molecule has 1 aliphatic rings. The van der Waals surface area contributed by atoms with Crippen molar-refractivity contribution in [2.45, 2.75) is 52.6 Å². The third-order valence-corrected chi connectivity index (χ3v) is 7.26. The van der Waals surface area contributed by atoms with Gasteiger partial charge >= 0.3 is 0 Å². The highest BCUT2D eigenvalue weighted by Crippen LogP contribution is 2.33. The molecule has 6 nitrogen and oxygen atoms in total. The van der Waals surface area contributed by atoms with Crippen LogP contribution in [0.5, 0.6) is 0 Å². The molecule has 0 spiro atoms. The Morgan fingerprint density at radius 2 is 1.36 bits per heavy atom. The van der Waals surface area contributed by atoms with E-state index in [4.69, 9.17) is 23.2 Å². The first kappa shape index (κ1) is 28.4. The van der Waals surface area contributed by atoms with Crippen molar-refractivity contribution in [3.05, 3.63) is 110 Å². The number of hydrogen-bond acceptors (Lipinski definition) is 4. The standard InChI is InChI=1S/C31H31Cl2N3O3/c1-18(2)24-6-5-7-25(19(3)4)27(24)35-29(37)22-12-8-20(9-13-22)16-34-28-26(33)30(38)36(31(28)39)17-21-10-14-23(32)15-11-21/h5-15,18-19,34H,16-17H2,1-4H3,(H,35,37). The molecule has 202 valence electrons. The Labute approximate surface area is 239 Å². The van der Waals surface area contributed by atoms with Crippen molar-refractivity contribution in [3.8, 4) is 0 Å². The third-order valence-electron chi connectivity index (χ3n) is 6.66. The van der Waals surface area contributed by atoms with E-state index in [1.807, 2.05) is 18.2 Å². The van der Waals surface area contributed by atoms with Gasteiger partial charge in [0.25, 0.3) is 17.7 Å². The van der Waals surface area contributed by atoms with Crippen LogP contribution < -0.4 is 10.6 Å². The maximum Gasteiger partial charge on any atom is 0.278 e. The minimum atomic E-state index is -0.548. The zero-order valence-electron chi connectivity index (χ0n) is 22.3. The molecule has 8 heteroatoms. The van der Waals surface area contributed by atoms with Gasteiger partial charge in [0.1, 0.15) is 10.7 Å². The van der Waals surface area contributed by atoms with Crippen LogP contribution in [-0.2, 0) is 22.7 Å². The number of amides is 3. The van der Waals surface area contributed by atoms with Crippen LogP contribution in [0.25, 0.3) is 0 Å². The summed E-state index contributed by atoms with van der Waals surface area (Å²) in [6.45, 7) is 8.79. The Hall–Kier alpha value is -3.61. The molecule has 0 saturated carbocycles. The van der Waals surface area contributed by atoms with Gasteiger partial charge in [-0.1, -0.05) is 93.4 Å². The molecule has 0 fully saturated rings. The Kier molecular flexibility index (Phi) is 8.78. The number of nitrogens with zero attached hydrogens (tertiary/aromatic N) is 1. The van der Waals surface area contributed by atoms with Crippen LogP contribution in [-0.4, -0.2) is 22.6 Å². The Morgan fingerprint density at radius 3 is 1.92 bits per heavy atom. The molecule has 39 heavy (non-hydrogen) atoms. The largest absolute Gasteiger partial charge is 0.375 e. The highest BCUT2D eigenvalue weighted by molar-refractivity contribution is 6.47. The van der Waals surface area contributed by atoms with Crippen LogP contribution in [0.1, 0.15) is 72.1 Å². The third kappa shape index (κ3) is 6.35. The minimum Gasteiger partial charge on any atom is -0.375 e. The smallest absolute Gasteiger partial charge is 0.278 e. The summed E-state index contributed by atoms with van der Waals surface area (Å²) in [7, 11) is 0. The molecule has 3 aromatic rings. The van der Waals surface area contributed by atoms with Gasteiger partial charge in [-0.25, -0.2) is 0 Å². The quantitative estimate of drug-likeness (QED) is 0.276. The van der Waals surface area contributed by atoms with E-state index in [0.29, 0.717) is 10.6 Å². The number of carbonyl (C=O) groups excluding carboxylic acids is 3. The van der Waals surface area contributed by atoms with Crippen LogP contribution in [0.4, 0.5) is 5.69 Å². The fraction of sp³-hybridized carbons (Fsp3) is 0.258. The lowest BCUT2D eigenvalue weighted by atomic mass is 9.92. The summed E-state index contributed by atoms with van der Waals surface area (Å²) in [5, 5.41) is 6.55. The van der Waals surface area contributed by atoms with E-state index >= 15 is 0 Å². The number of nitrogens with one attached hydrogen (secondary N) is 2. The van der Waals surface area contributed by atoms with Gasteiger partial charge in [-0.2, -0.15) is 0 Å². The SMILES string of the molecule is CC(C)c1cccc(C(C)C)c1NC(=O)c1ccc(CNC2=C(Cl)C(=O)N(Cc3ccc(Cl)cc3)C2=O)cc1. The van der Waals surface area contributed by atoms with Crippen LogP contribution >= 0.6 is 23.2 Å². The van der Waals surface area contributed by atoms with Crippen molar-refractivity contribution in [2.24, 2.45) is 0 Å². The number of rotatable bonds is 9. The summed E-state index contributed by atoms with van der Waals surface area (Å²) in [5.41, 5.74) is 5.23. The van der Waals surface area contributed by atoms with Crippen LogP contribution in [0, 0.1) is 0 Å². The molecule has 0 saturated heterocycles. The minimum absolute atomic E-state index is 0.0592. The highest BCUT2D eigenvalue weighted by Gasteiger charge is 2.37. The van der Waals surface area contributed by atoms with Crippen LogP contribution in [0.2, 0.25) is 5.02 Å². The normalized spacial score (nSPS) is 13.6. The van der Waals surface area contributed by atoms with E-state index < -0.39 is 11.8 Å². The molecular weight excluding hydrogens is 533 g/mol. The zero-order chi connectivity index (χ0) is 28.3. The van der Waals surface area contributed by atoms with Gasteiger partial charge in [-0.15, -0.1) is 0 Å². The second-order valence-corrected chi connectivity index (χ2v) is 11.0. The van der Waals surface area contributed by atoms with Gasteiger partial charge < -0.3 is 10.6 Å². The molecule has 2 N–H and O–H groups in total. The number of benzene rings is 3. The Balaban J connectivity index is 1.41. The molecule has 0 radical (unpaired) electrons. The monoisotopic (exact) mass is 563 g/mol. The lowest BCUT2D eigenvalue weighted by Gasteiger charge is -2.20. The number of anilines is 1. The number of halogens is 2. The molecule has 1 heterocycles. The molecule has 0 aromatic heterocycles. The molecular formula is C31H31Cl2N3O3. The van der Waals surface area contributed by atoms with Gasteiger partial charge in [0.05, 0.1) is 6.54 Å². The van der Waals surface area contributed by atoms with Crippen LogP contribution in [0.3, 0.4) is 0 Å². The molecule has 3 aromatic carbocycles. The van der Waals surface area contributed by atoms with Crippen molar-refractivity contribution in [1.29, 1.82) is 0 Å². The zero-order valence-corrected chi connectivity index (χ0v) is 23.9. The van der Waals surface area contributed by atoms with Gasteiger partial charge in [-0.3, -0.25) is 19.3 Å². The predicted octanol–water partition coefficient (Wildman–Crippen LogP) is 6.95. The average molecular weight is 565 g/mol. The van der Waals surface area contributed by atoms with E-state index in [2.05, 4.69) is 38.3 Å². The van der Waals surface area contributed by atoms with E-state index in [0.717, 1.165) is 32.8 Å². The summed E-state index contributed by atoms with van der Waals surface area (Å²) >= 11 is 12.1. The van der Waals surface area contributed by atoms with Crippen LogP contribution in [0.15, 0.2) is 77.5 Å². The van der Waals surface area contributed by atoms with Gasteiger partial charge in [-0.05, 0) is 58.4 Å². The van der Waals surface area contributed by atoms with Gasteiger partial charge in [0.15, 0.2) is 0 Å². The molecule has 3 amide bonds. The van der Waals surface area contributed by atoms with E-state index in [-0.39, 0.29) is 41.6 Å². The van der Waals surface area contributed by atoms with E-state index in [1.54, 1.807) is 48.5 Å². The second-order valence-electron chi connectivity index (χ2n) is 10.1. The summed E-state index contributed by atoms with van der Waals surface area (Å²) < 4.78 is 0. The number of imide groups is 1. The maximum atomic E-state index is 13.1. The first-order valence-corrected chi connectivity index (χ1v) is 13.6. The molecule has 0 bridgehead atoms. The van der Waals surface area contributed by atoms with Gasteiger partial charge in [0, 0.05) is 22.8 Å². The second kappa shape index (κ2) is 12.1. The summed E-state index contributed by atoms with van der Waals surface area (Å²) in [6.07, 6.45) is 0. The van der Waals surface area contributed by atoms with E-state index in [1.165, 1.54) is 0 Å². The van der Waals surface area contributed by atoms with Crippen molar-refractivity contribution in [1.82, 2.24) is 10.2 Å². The summed E-state index contributed by atoms with van der Waals surface area (Å²) in [5.74, 6) is -0.694. The lowest BCUT2D eigenvalue weighted by molar-refractivity contribution is -0.138. The number of carbonyl (C=O) groups is 3. The summed E-state index contributed by atoms with van der Waals surface area (Å²) in [6, 6.07) is 20.1. The molecule has 0 aliphatic carbocycles. The Morgan fingerprint density at radius 1 is 0.795 bits per heavy atom. The predicted molar refractivity (Wildman–Crippen MR) is 156 cm³/mol. The molecule has 1 aliphatic heterocycles. The maximum absolute atomic E-state index is 13.1. The molecule has 0 unspecified atom stereocenters. The van der Waals surface area contributed by atoms with Crippen molar-refractivity contribution < 1.29 is 14.4 Å². The number of hydrogen-bond donors (Lipinski definition) is 2. The Bertz CT molecular complexity index is 1400. The highest BCUT2D eigenvalue weighted by atomic mass is 35.5. The molecule has 0 atom stereocenters.